The third-order valence-electron chi connectivity index (χ3n) is 3.90. The van der Waals surface area contributed by atoms with Gasteiger partial charge in [0, 0.05) is 12.6 Å². The number of hydrogen-bond donors (Lipinski definition) is 1. The number of benzene rings is 1. The second kappa shape index (κ2) is 9.25. The zero-order chi connectivity index (χ0) is 17.4. The van der Waals surface area contributed by atoms with Gasteiger partial charge in [-0.25, -0.2) is 0 Å². The Bertz CT molecular complexity index is 493. The zero-order valence-electron chi connectivity index (χ0n) is 14.8. The molecule has 0 saturated heterocycles. The molecule has 2 atom stereocenters. The Morgan fingerprint density at radius 2 is 1.65 bits per heavy atom. The van der Waals surface area contributed by atoms with Crippen LogP contribution < -0.4 is 19.5 Å². The molecule has 0 aromatic heterocycles. The molecule has 2 unspecified atom stereocenters. The molecule has 0 radical (unpaired) electrons. The van der Waals surface area contributed by atoms with Crippen molar-refractivity contribution in [1.82, 2.24) is 5.32 Å². The maximum atomic E-state index is 11.8. The number of carbonyl (C=O) groups is 1. The van der Waals surface area contributed by atoms with Gasteiger partial charge < -0.3 is 24.3 Å². The van der Waals surface area contributed by atoms with E-state index in [0.29, 0.717) is 23.8 Å². The van der Waals surface area contributed by atoms with E-state index in [-0.39, 0.29) is 17.9 Å². The minimum Gasteiger partial charge on any atom is -0.493 e. The average molecular weight is 325 g/mol. The molecule has 1 rings (SSSR count). The highest BCUT2D eigenvalue weighted by atomic mass is 16.5. The Balaban J connectivity index is 2.87. The molecule has 0 aliphatic rings. The largest absolute Gasteiger partial charge is 0.493 e. The minimum absolute atomic E-state index is 0.00783. The minimum atomic E-state index is -0.197. The summed E-state index contributed by atoms with van der Waals surface area (Å²) < 4.78 is 20.8. The number of methoxy groups -OCH3 is 4. The first-order valence-electron chi connectivity index (χ1n) is 7.62. The van der Waals surface area contributed by atoms with Gasteiger partial charge in [-0.1, -0.05) is 6.92 Å². The summed E-state index contributed by atoms with van der Waals surface area (Å²) in [6.07, 6.45) is 0.718. The lowest BCUT2D eigenvalue weighted by atomic mass is 9.98. The first kappa shape index (κ1) is 19.1. The van der Waals surface area contributed by atoms with E-state index < -0.39 is 0 Å². The molecule has 23 heavy (non-hydrogen) atoms. The molecule has 0 spiro atoms. The van der Waals surface area contributed by atoms with Crippen LogP contribution in [-0.4, -0.2) is 40.5 Å². The molecule has 0 bridgehead atoms. The molecule has 6 nitrogen and oxygen atoms in total. The third kappa shape index (κ3) is 4.76. The quantitative estimate of drug-likeness (QED) is 0.703. The third-order valence-corrected chi connectivity index (χ3v) is 3.90. The fraction of sp³-hybridized carbons (Fsp3) is 0.588. The molecule has 1 N–H and O–H groups in total. The average Bonchev–Trinajstić information content (AvgIpc) is 2.58. The number of hydrogen-bond acceptors (Lipinski definition) is 6. The second-order valence-corrected chi connectivity index (χ2v) is 5.24. The van der Waals surface area contributed by atoms with E-state index in [0.717, 1.165) is 12.0 Å². The number of esters is 1. The lowest BCUT2D eigenvalue weighted by Gasteiger charge is -2.22. The second-order valence-electron chi connectivity index (χ2n) is 5.24. The Morgan fingerprint density at radius 1 is 1.09 bits per heavy atom. The van der Waals surface area contributed by atoms with Crippen LogP contribution in [0.5, 0.6) is 17.2 Å². The van der Waals surface area contributed by atoms with Gasteiger partial charge in [0.05, 0.1) is 34.4 Å². The number of ether oxygens (including phenoxy) is 4. The maximum Gasteiger partial charge on any atom is 0.310 e. The summed E-state index contributed by atoms with van der Waals surface area (Å²) in [5.74, 6) is 1.40. The number of nitrogens with one attached hydrogen (secondary N) is 1. The zero-order valence-corrected chi connectivity index (χ0v) is 14.8. The van der Waals surface area contributed by atoms with Gasteiger partial charge in [-0.2, -0.15) is 0 Å². The summed E-state index contributed by atoms with van der Waals surface area (Å²) in [7, 11) is 6.16. The highest BCUT2D eigenvalue weighted by molar-refractivity contribution is 5.73. The molecular formula is C17H27NO5. The summed E-state index contributed by atoms with van der Waals surface area (Å²) >= 11 is 0. The fourth-order valence-corrected chi connectivity index (χ4v) is 2.53. The highest BCUT2D eigenvalue weighted by Crippen LogP contribution is 2.38. The van der Waals surface area contributed by atoms with Crippen molar-refractivity contribution in [3.63, 3.8) is 0 Å². The number of rotatable bonds is 9. The van der Waals surface area contributed by atoms with Crippen LogP contribution in [0.25, 0.3) is 0 Å². The lowest BCUT2D eigenvalue weighted by molar-refractivity contribution is -0.146. The normalized spacial score (nSPS) is 13.1. The van der Waals surface area contributed by atoms with Crippen LogP contribution in [0, 0.1) is 5.92 Å². The summed E-state index contributed by atoms with van der Waals surface area (Å²) in [6, 6.07) is 3.77. The first-order chi connectivity index (χ1) is 11.0. The van der Waals surface area contributed by atoms with Crippen LogP contribution in [0.15, 0.2) is 12.1 Å². The molecule has 0 amide bonds. The van der Waals surface area contributed by atoms with Crippen LogP contribution in [0.1, 0.15) is 25.8 Å². The molecule has 6 heteroatoms. The Labute approximate surface area is 138 Å². The van der Waals surface area contributed by atoms with Crippen molar-refractivity contribution in [1.29, 1.82) is 0 Å². The molecule has 0 fully saturated rings. The summed E-state index contributed by atoms with van der Waals surface area (Å²) in [5, 5.41) is 3.35. The van der Waals surface area contributed by atoms with Gasteiger partial charge >= 0.3 is 5.97 Å². The van der Waals surface area contributed by atoms with Crippen molar-refractivity contribution >= 4 is 5.97 Å². The van der Waals surface area contributed by atoms with Gasteiger partial charge in [-0.15, -0.1) is 0 Å². The molecule has 1 aromatic carbocycles. The first-order valence-corrected chi connectivity index (χ1v) is 7.62. The Morgan fingerprint density at radius 3 is 2.04 bits per heavy atom. The maximum absolute atomic E-state index is 11.8. The highest BCUT2D eigenvalue weighted by Gasteiger charge is 2.24. The van der Waals surface area contributed by atoms with Crippen molar-refractivity contribution in [2.24, 2.45) is 5.92 Å². The lowest BCUT2D eigenvalue weighted by Crippen LogP contribution is -2.37. The molecule has 1 aromatic rings. The van der Waals surface area contributed by atoms with Crippen LogP contribution in [0.4, 0.5) is 0 Å². The fourth-order valence-electron chi connectivity index (χ4n) is 2.53. The molecule has 0 saturated carbocycles. The van der Waals surface area contributed by atoms with E-state index in [1.165, 1.54) is 7.11 Å². The summed E-state index contributed by atoms with van der Waals surface area (Å²) in [5.41, 5.74) is 0.978. The predicted molar refractivity (Wildman–Crippen MR) is 88.2 cm³/mol. The summed E-state index contributed by atoms with van der Waals surface area (Å²) in [4.78, 5) is 11.8. The van der Waals surface area contributed by atoms with Crippen LogP contribution >= 0.6 is 0 Å². The van der Waals surface area contributed by atoms with Crippen molar-refractivity contribution in [3.8, 4) is 17.2 Å². The van der Waals surface area contributed by atoms with Gasteiger partial charge in [0.15, 0.2) is 11.5 Å². The molecular weight excluding hydrogens is 298 g/mol. The molecule has 0 aliphatic carbocycles. The smallest absolute Gasteiger partial charge is 0.310 e. The van der Waals surface area contributed by atoms with Crippen molar-refractivity contribution < 1.29 is 23.7 Å². The van der Waals surface area contributed by atoms with E-state index in [4.69, 9.17) is 18.9 Å². The molecule has 0 heterocycles. The monoisotopic (exact) mass is 325 g/mol. The number of carbonyl (C=O) groups excluding carboxylic acids is 1. The van der Waals surface area contributed by atoms with E-state index in [2.05, 4.69) is 5.32 Å². The Hall–Kier alpha value is -1.95. The van der Waals surface area contributed by atoms with E-state index >= 15 is 0 Å². The van der Waals surface area contributed by atoms with Crippen molar-refractivity contribution in [2.75, 3.05) is 28.4 Å². The molecule has 0 aliphatic heterocycles. The molecule has 130 valence electrons. The SMILES string of the molecule is CCC(C(=O)OC)C(C)NCc1cc(OC)c(OC)c(OC)c1. The van der Waals surface area contributed by atoms with Gasteiger partial charge in [0.1, 0.15) is 0 Å². The van der Waals surface area contributed by atoms with E-state index in [1.54, 1.807) is 21.3 Å². The van der Waals surface area contributed by atoms with Gasteiger partial charge in [-0.3, -0.25) is 4.79 Å². The van der Waals surface area contributed by atoms with Gasteiger partial charge in [0.25, 0.3) is 0 Å². The standard InChI is InChI=1S/C17H27NO5/c1-7-13(17(19)23-6)11(2)18-10-12-8-14(20-3)16(22-5)15(9-12)21-4/h8-9,11,13,18H,7,10H2,1-6H3. The van der Waals surface area contributed by atoms with Gasteiger partial charge in [0.2, 0.25) is 5.75 Å². The predicted octanol–water partition coefficient (Wildman–Crippen LogP) is 2.39. The van der Waals surface area contributed by atoms with E-state index in [1.807, 2.05) is 26.0 Å². The topological polar surface area (TPSA) is 66.0 Å². The van der Waals surface area contributed by atoms with Crippen LogP contribution in [0.2, 0.25) is 0 Å². The van der Waals surface area contributed by atoms with Crippen molar-refractivity contribution in [2.45, 2.75) is 32.9 Å². The van der Waals surface area contributed by atoms with Crippen molar-refractivity contribution in [3.05, 3.63) is 17.7 Å². The van der Waals surface area contributed by atoms with E-state index in [9.17, 15) is 4.79 Å². The summed E-state index contributed by atoms with van der Waals surface area (Å²) in [6.45, 7) is 4.52. The van der Waals surface area contributed by atoms with Gasteiger partial charge in [-0.05, 0) is 31.0 Å². The van der Waals surface area contributed by atoms with Crippen LogP contribution in [0.3, 0.4) is 0 Å². The van der Waals surface area contributed by atoms with Crippen LogP contribution in [-0.2, 0) is 16.1 Å². The Kier molecular flexibility index (Phi) is 7.68.